The van der Waals surface area contributed by atoms with Crippen molar-refractivity contribution >= 4 is 97.6 Å². The van der Waals surface area contributed by atoms with Crippen molar-refractivity contribution in [3.05, 3.63) is 206 Å². The van der Waals surface area contributed by atoms with Crippen molar-refractivity contribution in [3.63, 3.8) is 0 Å². The Hall–Kier alpha value is -7.48. The summed E-state index contributed by atoms with van der Waals surface area (Å²) in [6.07, 6.45) is 0. The predicted octanol–water partition coefficient (Wildman–Crippen LogP) is 16.0. The van der Waals surface area contributed by atoms with Gasteiger partial charge >= 0.3 is 0 Å². The van der Waals surface area contributed by atoms with E-state index < -0.39 is 0 Å². The molecule has 0 atom stereocenters. The van der Waals surface area contributed by atoms with Crippen LogP contribution in [-0.4, -0.2) is 0 Å². The van der Waals surface area contributed by atoms with E-state index in [1.807, 2.05) is 0 Å². The van der Waals surface area contributed by atoms with Crippen LogP contribution >= 0.6 is 0 Å². The van der Waals surface area contributed by atoms with Gasteiger partial charge in [-0.25, -0.2) is 0 Å². The fraction of sp³-hybridized carbons (Fsp3) is 0. The summed E-state index contributed by atoms with van der Waals surface area (Å²) in [5.41, 5.74) is 6.98. The number of nitrogens with one attached hydrogen (secondary N) is 1. The lowest BCUT2D eigenvalue weighted by Gasteiger charge is -2.21. The largest absolute Gasteiger partial charge is 0.354 e. The first kappa shape index (κ1) is 31.8. The minimum Gasteiger partial charge on any atom is -0.354 e. The molecule has 1 N–H and O–H groups in total. The number of rotatable bonds is 4. The molecule has 264 valence electrons. The summed E-state index contributed by atoms with van der Waals surface area (Å²) >= 11 is 0. The Morgan fingerprint density at radius 1 is 0.211 bits per heavy atom. The number of anilines is 2. The third-order valence-corrected chi connectivity index (χ3v) is 12.1. The molecule has 57 heavy (non-hydrogen) atoms. The zero-order chi connectivity index (χ0) is 37.5. The first-order valence-corrected chi connectivity index (χ1v) is 19.7. The molecule has 0 bridgehead atoms. The van der Waals surface area contributed by atoms with E-state index in [9.17, 15) is 0 Å². The normalized spacial score (nSPS) is 11.9. The highest BCUT2D eigenvalue weighted by Gasteiger charge is 2.19. The topological polar surface area (TPSA) is 12.0 Å². The van der Waals surface area contributed by atoms with Crippen LogP contribution in [0.4, 0.5) is 11.4 Å². The number of hydrogen-bond donors (Lipinski definition) is 1. The lowest BCUT2D eigenvalue weighted by atomic mass is 9.88. The van der Waals surface area contributed by atoms with Crippen molar-refractivity contribution in [2.24, 2.45) is 0 Å². The summed E-state index contributed by atoms with van der Waals surface area (Å²) in [6, 6.07) is 76.3. The van der Waals surface area contributed by atoms with Crippen molar-refractivity contribution in [1.29, 1.82) is 0 Å². The van der Waals surface area contributed by atoms with Gasteiger partial charge in [-0.15, -0.1) is 0 Å². The van der Waals surface area contributed by atoms with Gasteiger partial charge in [0.15, 0.2) is 0 Å². The van der Waals surface area contributed by atoms with E-state index in [0.29, 0.717) is 0 Å². The second kappa shape index (κ2) is 12.5. The molecule has 0 aliphatic heterocycles. The smallest absolute Gasteiger partial charge is 0.0470 e. The molecule has 12 aromatic rings. The van der Waals surface area contributed by atoms with Gasteiger partial charge in [0, 0.05) is 22.5 Å². The van der Waals surface area contributed by atoms with Gasteiger partial charge in [0.25, 0.3) is 0 Å². The Balaban J connectivity index is 1.16. The number of fused-ring (bicyclic) bond motifs is 8. The maximum atomic E-state index is 4.12. The molecule has 12 aromatic carbocycles. The first-order valence-electron chi connectivity index (χ1n) is 19.7. The Labute approximate surface area is 330 Å². The summed E-state index contributed by atoms with van der Waals surface area (Å²) in [4.78, 5) is 0. The number of hydrogen-bond acceptors (Lipinski definition) is 1. The van der Waals surface area contributed by atoms with Crippen LogP contribution in [-0.2, 0) is 0 Å². The molecule has 1 nitrogen and oxygen atoms in total. The molecule has 12 rings (SSSR count). The summed E-state index contributed by atoms with van der Waals surface area (Å²) in [5, 5.41) is 23.9. The second-order valence-corrected chi connectivity index (χ2v) is 15.4. The number of benzene rings is 12. The maximum Gasteiger partial charge on any atom is 0.0470 e. The molecular weight excluding hydrogens is 687 g/mol. The molecule has 0 amide bonds. The molecular formula is C56H35N. The minimum absolute atomic E-state index is 1.07. The van der Waals surface area contributed by atoms with Gasteiger partial charge in [0.05, 0.1) is 0 Å². The molecule has 0 aliphatic carbocycles. The third-order valence-electron chi connectivity index (χ3n) is 12.1. The average molecular weight is 722 g/mol. The molecule has 0 radical (unpaired) electrons. The molecule has 0 aromatic heterocycles. The SMILES string of the molecule is c1ccc2cc3c(-c4c(Nc5ccc6cc7ccccc7cc6c5-c5cccc6cc7ccccc7cc56)ccc5cc6ccccc6cc45)cccc3cc2c1. The van der Waals surface area contributed by atoms with Gasteiger partial charge in [-0.3, -0.25) is 0 Å². The van der Waals surface area contributed by atoms with Crippen molar-refractivity contribution < 1.29 is 0 Å². The van der Waals surface area contributed by atoms with Crippen LogP contribution in [0.3, 0.4) is 0 Å². The van der Waals surface area contributed by atoms with Crippen molar-refractivity contribution in [1.82, 2.24) is 0 Å². The molecule has 0 fully saturated rings. The lowest BCUT2D eigenvalue weighted by molar-refractivity contribution is 1.57. The predicted molar refractivity (Wildman–Crippen MR) is 247 cm³/mol. The Morgan fingerprint density at radius 2 is 0.491 bits per heavy atom. The van der Waals surface area contributed by atoms with Gasteiger partial charge in [-0.05, 0) is 158 Å². The van der Waals surface area contributed by atoms with E-state index in [-0.39, 0.29) is 0 Å². The van der Waals surface area contributed by atoms with Crippen LogP contribution in [0.15, 0.2) is 206 Å². The monoisotopic (exact) mass is 721 g/mol. The fourth-order valence-electron chi connectivity index (χ4n) is 9.33. The van der Waals surface area contributed by atoms with Crippen LogP contribution in [0.5, 0.6) is 0 Å². The minimum atomic E-state index is 1.07. The molecule has 1 heteroatoms. The Morgan fingerprint density at radius 3 is 0.842 bits per heavy atom. The second-order valence-electron chi connectivity index (χ2n) is 15.4. The van der Waals surface area contributed by atoms with Crippen LogP contribution < -0.4 is 5.32 Å². The standard InChI is InChI=1S/C56H35N/c1-5-15-39-31-49-43(27-35(39)11-1)19-9-21-47(49)55-51-33-41-17-7-3-13-37(41)29-45(51)23-25-53(55)57-54-26-24-46-30-38-14-4-8-18-42(38)34-52(46)56(54)48-22-10-20-44-28-36-12-2-6-16-40(36)32-50(44)48/h1-34,57H. The van der Waals surface area contributed by atoms with Gasteiger partial charge < -0.3 is 5.32 Å². The zero-order valence-corrected chi connectivity index (χ0v) is 31.1. The zero-order valence-electron chi connectivity index (χ0n) is 31.1. The lowest BCUT2D eigenvalue weighted by Crippen LogP contribution is -1.99. The maximum absolute atomic E-state index is 4.12. The van der Waals surface area contributed by atoms with E-state index in [2.05, 4.69) is 212 Å². The van der Waals surface area contributed by atoms with Gasteiger partial charge in [0.1, 0.15) is 0 Å². The molecule has 0 aliphatic rings. The van der Waals surface area contributed by atoms with E-state index in [4.69, 9.17) is 0 Å². The van der Waals surface area contributed by atoms with Gasteiger partial charge in [0.2, 0.25) is 0 Å². The van der Waals surface area contributed by atoms with E-state index in [1.165, 1.54) is 108 Å². The molecule has 0 saturated carbocycles. The Bertz CT molecular complexity index is 3370. The average Bonchev–Trinajstić information content (AvgIpc) is 3.26. The highest BCUT2D eigenvalue weighted by Crippen LogP contribution is 2.46. The van der Waals surface area contributed by atoms with Gasteiger partial charge in [-0.2, -0.15) is 0 Å². The van der Waals surface area contributed by atoms with Crippen LogP contribution in [0.25, 0.3) is 108 Å². The van der Waals surface area contributed by atoms with E-state index in [0.717, 1.165) is 11.4 Å². The Kier molecular flexibility index (Phi) is 7.00. The summed E-state index contributed by atoms with van der Waals surface area (Å²) in [6.45, 7) is 0. The van der Waals surface area contributed by atoms with Crippen molar-refractivity contribution in [2.75, 3.05) is 5.32 Å². The third kappa shape index (κ3) is 5.17. The summed E-state index contributed by atoms with van der Waals surface area (Å²) in [5.74, 6) is 0. The van der Waals surface area contributed by atoms with Crippen LogP contribution in [0.1, 0.15) is 0 Å². The molecule has 0 heterocycles. The highest BCUT2D eigenvalue weighted by molar-refractivity contribution is 6.18. The van der Waals surface area contributed by atoms with E-state index in [1.54, 1.807) is 0 Å². The fourth-order valence-corrected chi connectivity index (χ4v) is 9.33. The van der Waals surface area contributed by atoms with Gasteiger partial charge in [-0.1, -0.05) is 146 Å². The molecule has 0 spiro atoms. The summed E-state index contributed by atoms with van der Waals surface area (Å²) < 4.78 is 0. The van der Waals surface area contributed by atoms with E-state index >= 15 is 0 Å². The molecule has 0 unspecified atom stereocenters. The van der Waals surface area contributed by atoms with Crippen molar-refractivity contribution in [3.8, 4) is 22.3 Å². The van der Waals surface area contributed by atoms with Crippen LogP contribution in [0.2, 0.25) is 0 Å². The first-order chi connectivity index (χ1) is 28.2. The highest BCUT2D eigenvalue weighted by atomic mass is 14.9. The molecule has 0 saturated heterocycles. The van der Waals surface area contributed by atoms with Crippen molar-refractivity contribution in [2.45, 2.75) is 0 Å². The quantitative estimate of drug-likeness (QED) is 0.178. The summed E-state index contributed by atoms with van der Waals surface area (Å²) in [7, 11) is 0. The van der Waals surface area contributed by atoms with Crippen LogP contribution in [0, 0.1) is 0 Å².